The third-order valence-corrected chi connectivity index (χ3v) is 5.65. The smallest absolute Gasteiger partial charge is 0.243 e. The number of carbonyl (C=O) groups excluding carboxylic acids is 1. The van der Waals surface area contributed by atoms with Gasteiger partial charge < -0.3 is 5.32 Å². The summed E-state index contributed by atoms with van der Waals surface area (Å²) in [5.41, 5.74) is 2.66. The Bertz CT molecular complexity index is 881. The van der Waals surface area contributed by atoms with E-state index in [9.17, 15) is 17.6 Å². The summed E-state index contributed by atoms with van der Waals surface area (Å²) in [6.07, 6.45) is 2.92. The predicted molar refractivity (Wildman–Crippen MR) is 110 cm³/mol. The summed E-state index contributed by atoms with van der Waals surface area (Å²) in [7, 11) is -3.71. The molecule has 2 aromatic carbocycles. The average Bonchev–Trinajstić information content (AvgIpc) is 2.64. The number of nitrogens with zero attached hydrogens (tertiary/aromatic N) is 1. The van der Waals surface area contributed by atoms with Gasteiger partial charge in [-0.15, -0.1) is 0 Å². The molecule has 1 atom stereocenters. The van der Waals surface area contributed by atoms with Crippen LogP contribution >= 0.6 is 0 Å². The zero-order valence-corrected chi connectivity index (χ0v) is 17.3. The van der Waals surface area contributed by atoms with E-state index < -0.39 is 21.9 Å². The van der Waals surface area contributed by atoms with Crippen molar-refractivity contribution in [3.63, 3.8) is 0 Å². The predicted octanol–water partition coefficient (Wildman–Crippen LogP) is 3.43. The fourth-order valence-electron chi connectivity index (χ4n) is 3.02. The second-order valence-electron chi connectivity index (χ2n) is 6.84. The first-order valence-electron chi connectivity index (χ1n) is 9.30. The Morgan fingerprint density at radius 3 is 2.25 bits per heavy atom. The Hall–Kier alpha value is -2.41. The maximum Gasteiger partial charge on any atom is 0.243 e. The van der Waals surface area contributed by atoms with Crippen LogP contribution in [0.1, 0.15) is 30.9 Å². The maximum atomic E-state index is 13.2. The van der Waals surface area contributed by atoms with Gasteiger partial charge in [0.15, 0.2) is 0 Å². The SMILES string of the molecule is CC[C@H](C(=O)NCCCc1ccc(C)cc1)N(c1ccc(F)cc1)S(C)(=O)=O. The standard InChI is InChI=1S/C21H27FN2O3S/c1-4-20(24(28(3,26)27)19-13-11-18(22)12-14-19)21(25)23-15-5-6-17-9-7-16(2)8-10-17/h7-14,20H,4-6,15H2,1-3H3,(H,23,25)/t20-/m1/s1. The van der Waals surface area contributed by atoms with Crippen LogP contribution < -0.4 is 9.62 Å². The number of carbonyl (C=O) groups is 1. The number of hydrogen-bond donors (Lipinski definition) is 1. The van der Waals surface area contributed by atoms with Crippen LogP contribution in [0, 0.1) is 12.7 Å². The fraction of sp³-hybridized carbons (Fsp3) is 0.381. The van der Waals surface area contributed by atoms with E-state index in [0.29, 0.717) is 13.0 Å². The number of anilines is 1. The highest BCUT2D eigenvalue weighted by atomic mass is 32.2. The second kappa shape index (κ2) is 9.68. The van der Waals surface area contributed by atoms with Gasteiger partial charge in [-0.05, 0) is 56.0 Å². The molecule has 1 N–H and O–H groups in total. The van der Waals surface area contributed by atoms with Gasteiger partial charge in [0.1, 0.15) is 11.9 Å². The molecule has 0 aliphatic rings. The second-order valence-corrected chi connectivity index (χ2v) is 8.70. The Morgan fingerprint density at radius 2 is 1.71 bits per heavy atom. The van der Waals surface area contributed by atoms with Crippen molar-refractivity contribution in [3.8, 4) is 0 Å². The largest absolute Gasteiger partial charge is 0.354 e. The van der Waals surface area contributed by atoms with Crippen molar-refractivity contribution in [3.05, 3.63) is 65.5 Å². The first-order valence-corrected chi connectivity index (χ1v) is 11.2. The number of aryl methyl sites for hydroxylation is 2. The number of benzene rings is 2. The third-order valence-electron chi connectivity index (χ3n) is 4.47. The maximum absolute atomic E-state index is 13.2. The lowest BCUT2D eigenvalue weighted by Crippen LogP contribution is -2.49. The van der Waals surface area contributed by atoms with Crippen LogP contribution in [-0.2, 0) is 21.2 Å². The van der Waals surface area contributed by atoms with E-state index in [4.69, 9.17) is 0 Å². The van der Waals surface area contributed by atoms with Gasteiger partial charge in [0.2, 0.25) is 15.9 Å². The molecule has 0 unspecified atom stereocenters. The first kappa shape index (κ1) is 21.9. The van der Waals surface area contributed by atoms with Crippen molar-refractivity contribution in [2.24, 2.45) is 0 Å². The zero-order valence-electron chi connectivity index (χ0n) is 16.5. The quantitative estimate of drug-likeness (QED) is 0.649. The van der Waals surface area contributed by atoms with E-state index in [1.807, 2.05) is 19.1 Å². The molecule has 0 heterocycles. The van der Waals surface area contributed by atoms with Crippen molar-refractivity contribution >= 4 is 21.6 Å². The van der Waals surface area contributed by atoms with E-state index in [0.717, 1.165) is 23.4 Å². The molecule has 0 aliphatic heterocycles. The van der Waals surface area contributed by atoms with Crippen molar-refractivity contribution in [2.45, 2.75) is 39.2 Å². The summed E-state index contributed by atoms with van der Waals surface area (Å²) in [6.45, 7) is 4.23. The summed E-state index contributed by atoms with van der Waals surface area (Å²) in [5.74, 6) is -0.827. The van der Waals surface area contributed by atoms with Gasteiger partial charge in [0.05, 0.1) is 11.9 Å². The fourth-order valence-corrected chi connectivity index (χ4v) is 4.24. The van der Waals surface area contributed by atoms with Crippen molar-refractivity contribution < 1.29 is 17.6 Å². The van der Waals surface area contributed by atoms with E-state index in [1.165, 1.54) is 35.4 Å². The number of sulfonamides is 1. The Balaban J connectivity index is 2.02. The highest BCUT2D eigenvalue weighted by molar-refractivity contribution is 7.92. The van der Waals surface area contributed by atoms with Crippen molar-refractivity contribution in [1.29, 1.82) is 0 Å². The minimum absolute atomic E-state index is 0.269. The highest BCUT2D eigenvalue weighted by Crippen LogP contribution is 2.22. The Kier molecular flexibility index (Phi) is 7.57. The van der Waals surface area contributed by atoms with Gasteiger partial charge in [-0.1, -0.05) is 36.8 Å². The molecule has 2 aromatic rings. The Morgan fingerprint density at radius 1 is 1.11 bits per heavy atom. The molecule has 0 saturated carbocycles. The normalized spacial score (nSPS) is 12.4. The van der Waals surface area contributed by atoms with E-state index >= 15 is 0 Å². The van der Waals surface area contributed by atoms with E-state index in [2.05, 4.69) is 17.4 Å². The zero-order chi connectivity index (χ0) is 20.7. The number of rotatable bonds is 9. The number of hydrogen-bond acceptors (Lipinski definition) is 3. The molecule has 0 saturated heterocycles. The average molecular weight is 407 g/mol. The van der Waals surface area contributed by atoms with Crippen LogP contribution in [-0.4, -0.2) is 33.2 Å². The van der Waals surface area contributed by atoms with Gasteiger partial charge in [-0.25, -0.2) is 12.8 Å². The van der Waals surface area contributed by atoms with Crippen molar-refractivity contribution in [2.75, 3.05) is 17.1 Å². The molecule has 0 fully saturated rings. The monoisotopic (exact) mass is 406 g/mol. The molecule has 0 aromatic heterocycles. The molecule has 152 valence electrons. The lowest BCUT2D eigenvalue weighted by molar-refractivity contribution is -0.122. The summed E-state index contributed by atoms with van der Waals surface area (Å²) in [5, 5.41) is 2.83. The van der Waals surface area contributed by atoms with Gasteiger partial charge in [-0.3, -0.25) is 9.10 Å². The number of halogens is 1. The molecule has 0 aliphatic carbocycles. The van der Waals surface area contributed by atoms with Crippen LogP contribution in [0.25, 0.3) is 0 Å². The van der Waals surface area contributed by atoms with E-state index in [1.54, 1.807) is 6.92 Å². The van der Waals surface area contributed by atoms with Gasteiger partial charge >= 0.3 is 0 Å². The van der Waals surface area contributed by atoms with E-state index in [-0.39, 0.29) is 11.6 Å². The molecule has 28 heavy (non-hydrogen) atoms. The molecule has 5 nitrogen and oxygen atoms in total. The lowest BCUT2D eigenvalue weighted by Gasteiger charge is -2.30. The van der Waals surface area contributed by atoms with Crippen LogP contribution in [0.4, 0.5) is 10.1 Å². The molecule has 0 spiro atoms. The summed E-state index contributed by atoms with van der Waals surface area (Å²) in [4.78, 5) is 12.7. The van der Waals surface area contributed by atoms with Crippen molar-refractivity contribution in [1.82, 2.24) is 5.32 Å². The molecule has 0 bridgehead atoms. The van der Waals surface area contributed by atoms with Gasteiger partial charge in [0, 0.05) is 6.54 Å². The minimum atomic E-state index is -3.71. The number of amides is 1. The minimum Gasteiger partial charge on any atom is -0.354 e. The topological polar surface area (TPSA) is 66.5 Å². The van der Waals surface area contributed by atoms with Crippen LogP contribution in [0.5, 0.6) is 0 Å². The first-order chi connectivity index (χ1) is 13.2. The van der Waals surface area contributed by atoms with Crippen LogP contribution in [0.15, 0.2) is 48.5 Å². The van der Waals surface area contributed by atoms with Gasteiger partial charge in [-0.2, -0.15) is 0 Å². The molecule has 1 amide bonds. The van der Waals surface area contributed by atoms with Crippen LogP contribution in [0.3, 0.4) is 0 Å². The van der Waals surface area contributed by atoms with Gasteiger partial charge in [0.25, 0.3) is 0 Å². The molecular weight excluding hydrogens is 379 g/mol. The molecule has 2 rings (SSSR count). The summed E-state index contributed by atoms with van der Waals surface area (Å²) >= 11 is 0. The molecule has 7 heteroatoms. The summed E-state index contributed by atoms with van der Waals surface area (Å²) < 4.78 is 38.9. The van der Waals surface area contributed by atoms with Crippen LogP contribution in [0.2, 0.25) is 0 Å². The number of nitrogens with one attached hydrogen (secondary N) is 1. The lowest BCUT2D eigenvalue weighted by atomic mass is 10.1. The molecule has 0 radical (unpaired) electrons. The molecular formula is C21H27FN2O3S. The highest BCUT2D eigenvalue weighted by Gasteiger charge is 2.31. The Labute approximate surface area is 166 Å². The summed E-state index contributed by atoms with van der Waals surface area (Å²) in [6, 6.07) is 12.4. The third kappa shape index (κ3) is 6.05.